The second-order valence-electron chi connectivity index (χ2n) is 7.02. The molecule has 1 N–H and O–H groups in total. The number of aromatic nitrogens is 3. The quantitative estimate of drug-likeness (QED) is 0.182. The number of fused-ring (bicyclic) bond motifs is 1. The van der Waals surface area contributed by atoms with Crippen LogP contribution in [0.4, 0.5) is 14.5 Å². The van der Waals surface area contributed by atoms with Gasteiger partial charge in [0.1, 0.15) is 15.7 Å². The van der Waals surface area contributed by atoms with Crippen molar-refractivity contribution in [2.45, 2.75) is 13.0 Å². The summed E-state index contributed by atoms with van der Waals surface area (Å²) in [6.45, 7) is 0.0166. The molecule has 1 amide bonds. The molecule has 0 fully saturated rings. The summed E-state index contributed by atoms with van der Waals surface area (Å²) in [4.78, 5) is 29.9. The highest BCUT2D eigenvalue weighted by Crippen LogP contribution is 2.29. The summed E-state index contributed by atoms with van der Waals surface area (Å²) in [5, 5.41) is 13.8. The Balaban J connectivity index is 1.69. The van der Waals surface area contributed by atoms with Gasteiger partial charge in [-0.2, -0.15) is 4.73 Å². The van der Waals surface area contributed by atoms with Gasteiger partial charge < -0.3 is 15.1 Å². The Morgan fingerprint density at radius 2 is 1.82 bits per heavy atom. The predicted molar refractivity (Wildman–Crippen MR) is 119 cm³/mol. The lowest BCUT2D eigenvalue weighted by Crippen LogP contribution is -2.27. The average Bonchev–Trinajstić information content (AvgIpc) is 3.14. The number of ketones is 1. The Morgan fingerprint density at radius 1 is 1.12 bits per heavy atom. The molecule has 4 rings (SSSR count). The maximum absolute atomic E-state index is 13.4. The van der Waals surface area contributed by atoms with E-state index in [0.717, 1.165) is 12.4 Å². The van der Waals surface area contributed by atoms with E-state index in [1.54, 1.807) is 24.3 Å². The topological polar surface area (TPSA) is 90.9 Å². The highest BCUT2D eigenvalue weighted by molar-refractivity contribution is 6.50. The Hall–Kier alpha value is -3.56. The molecule has 0 saturated heterocycles. The zero-order valence-electron chi connectivity index (χ0n) is 16.6. The standard InChI is InChI=1S/C22H14Cl2F2N4O3/c23-16-10-30(33)11-17(24)18(16)28-22(32)19(31)15-9-29(21-14(15)6-3-7-27-21)8-12-4-1-2-5-13(12)20(25)26/h1-7,9-11,20H,8H2,(H,28,32). The molecule has 11 heteroatoms. The van der Waals surface area contributed by atoms with E-state index in [1.165, 1.54) is 29.1 Å². The normalized spacial score (nSPS) is 11.2. The van der Waals surface area contributed by atoms with Gasteiger partial charge in [0.25, 0.3) is 18.1 Å². The fourth-order valence-electron chi connectivity index (χ4n) is 3.41. The van der Waals surface area contributed by atoms with Crippen molar-refractivity contribution < 1.29 is 23.1 Å². The zero-order chi connectivity index (χ0) is 23.7. The van der Waals surface area contributed by atoms with Crippen LogP contribution in [0.15, 0.2) is 61.2 Å². The maximum atomic E-state index is 13.4. The molecule has 1 aromatic carbocycles. The molecule has 168 valence electrons. The second-order valence-corrected chi connectivity index (χ2v) is 7.83. The molecule has 0 spiro atoms. The number of anilines is 1. The number of alkyl halides is 2. The number of Topliss-reactive ketones (excluding diaryl/α,β-unsaturated/α-hetero) is 1. The van der Waals surface area contributed by atoms with Crippen LogP contribution in [-0.2, 0) is 11.3 Å². The van der Waals surface area contributed by atoms with Gasteiger partial charge in [-0.3, -0.25) is 9.59 Å². The van der Waals surface area contributed by atoms with Crippen molar-refractivity contribution in [1.29, 1.82) is 0 Å². The number of rotatable bonds is 6. The van der Waals surface area contributed by atoms with Crippen molar-refractivity contribution >= 4 is 51.6 Å². The molecule has 3 heterocycles. The molecule has 7 nitrogen and oxygen atoms in total. The smallest absolute Gasteiger partial charge is 0.296 e. The highest BCUT2D eigenvalue weighted by Gasteiger charge is 2.25. The average molecular weight is 491 g/mol. The number of halogens is 4. The van der Waals surface area contributed by atoms with Crippen molar-refractivity contribution in [3.05, 3.63) is 93.1 Å². The minimum Gasteiger partial charge on any atom is -0.619 e. The molecular formula is C22H14Cl2F2N4O3. The lowest BCUT2D eigenvalue weighted by molar-refractivity contribution is -0.605. The van der Waals surface area contributed by atoms with Crippen LogP contribution in [0, 0.1) is 5.21 Å². The molecule has 0 aliphatic heterocycles. The Kier molecular flexibility index (Phi) is 6.26. The first kappa shape index (κ1) is 22.6. The van der Waals surface area contributed by atoms with Crippen molar-refractivity contribution in [3.63, 3.8) is 0 Å². The maximum Gasteiger partial charge on any atom is 0.296 e. The third-order valence-electron chi connectivity index (χ3n) is 4.91. The number of carbonyl (C=O) groups is 2. The number of benzene rings is 1. The van der Waals surface area contributed by atoms with Crippen LogP contribution in [0.5, 0.6) is 0 Å². The van der Waals surface area contributed by atoms with Gasteiger partial charge in [0.05, 0.1) is 11.3 Å². The summed E-state index contributed by atoms with van der Waals surface area (Å²) in [6.07, 6.45) is 2.17. The lowest BCUT2D eigenvalue weighted by atomic mass is 10.1. The SMILES string of the molecule is O=C(Nc1c(Cl)c[n+]([O-])cc1Cl)C(=O)c1cn(Cc2ccccc2C(F)F)c2ncccc12. The van der Waals surface area contributed by atoms with E-state index in [1.807, 2.05) is 0 Å². The van der Waals surface area contributed by atoms with E-state index >= 15 is 0 Å². The van der Waals surface area contributed by atoms with E-state index < -0.39 is 18.1 Å². The van der Waals surface area contributed by atoms with Gasteiger partial charge in [-0.25, -0.2) is 13.8 Å². The van der Waals surface area contributed by atoms with Crippen LogP contribution in [0.25, 0.3) is 11.0 Å². The third-order valence-corrected chi connectivity index (χ3v) is 5.49. The largest absolute Gasteiger partial charge is 0.619 e. The van der Waals surface area contributed by atoms with Crippen LogP contribution in [-0.4, -0.2) is 21.2 Å². The first-order chi connectivity index (χ1) is 15.8. The molecule has 4 aromatic rings. The number of carbonyl (C=O) groups excluding carboxylic acids is 2. The third kappa shape index (κ3) is 4.50. The molecule has 0 aliphatic rings. The first-order valence-electron chi connectivity index (χ1n) is 9.49. The molecule has 0 radical (unpaired) electrons. The predicted octanol–water partition coefficient (Wildman–Crippen LogP) is 4.78. The van der Waals surface area contributed by atoms with E-state index in [9.17, 15) is 23.6 Å². The van der Waals surface area contributed by atoms with E-state index in [-0.39, 0.29) is 33.4 Å². The number of amides is 1. The number of pyridine rings is 2. The molecule has 0 bridgehead atoms. The Morgan fingerprint density at radius 3 is 2.52 bits per heavy atom. The van der Waals surface area contributed by atoms with Gasteiger partial charge in [-0.15, -0.1) is 0 Å². The Bertz CT molecular complexity index is 1370. The van der Waals surface area contributed by atoms with E-state index in [2.05, 4.69) is 10.3 Å². The van der Waals surface area contributed by atoms with E-state index in [4.69, 9.17) is 23.2 Å². The zero-order valence-corrected chi connectivity index (χ0v) is 18.1. The summed E-state index contributed by atoms with van der Waals surface area (Å²) in [6, 6.07) is 9.24. The van der Waals surface area contributed by atoms with Crippen molar-refractivity contribution in [3.8, 4) is 0 Å². The summed E-state index contributed by atoms with van der Waals surface area (Å²) in [5.41, 5.74) is 0.502. The van der Waals surface area contributed by atoms with Crippen molar-refractivity contribution in [1.82, 2.24) is 9.55 Å². The Labute approximate surface area is 195 Å². The van der Waals surface area contributed by atoms with Gasteiger partial charge in [0.2, 0.25) is 12.4 Å². The fourth-order valence-corrected chi connectivity index (χ4v) is 3.95. The lowest BCUT2D eigenvalue weighted by Gasteiger charge is -2.10. The van der Waals surface area contributed by atoms with Crippen LogP contribution < -0.4 is 10.0 Å². The van der Waals surface area contributed by atoms with E-state index in [0.29, 0.717) is 21.3 Å². The second kappa shape index (κ2) is 9.13. The van der Waals surface area contributed by atoms with Gasteiger partial charge in [-0.1, -0.05) is 47.5 Å². The van der Waals surface area contributed by atoms with Crippen LogP contribution in [0.1, 0.15) is 27.9 Å². The molecule has 0 aliphatic carbocycles. The van der Waals surface area contributed by atoms with Gasteiger partial charge >= 0.3 is 0 Å². The minimum absolute atomic E-state index is 0.0166. The van der Waals surface area contributed by atoms with Gasteiger partial charge in [0, 0.05) is 29.9 Å². The van der Waals surface area contributed by atoms with Crippen molar-refractivity contribution in [2.24, 2.45) is 0 Å². The van der Waals surface area contributed by atoms with Crippen LogP contribution >= 0.6 is 23.2 Å². The van der Waals surface area contributed by atoms with Crippen LogP contribution in [0.2, 0.25) is 10.0 Å². The summed E-state index contributed by atoms with van der Waals surface area (Å²) in [7, 11) is 0. The van der Waals surface area contributed by atoms with Gasteiger partial charge in [0.15, 0.2) is 0 Å². The summed E-state index contributed by atoms with van der Waals surface area (Å²) >= 11 is 11.9. The molecular weight excluding hydrogens is 477 g/mol. The molecule has 3 aromatic heterocycles. The molecule has 33 heavy (non-hydrogen) atoms. The van der Waals surface area contributed by atoms with Gasteiger partial charge in [-0.05, 0) is 17.7 Å². The first-order valence-corrected chi connectivity index (χ1v) is 10.2. The molecule has 0 unspecified atom stereocenters. The van der Waals surface area contributed by atoms with Crippen LogP contribution in [0.3, 0.4) is 0 Å². The molecule has 0 saturated carbocycles. The number of hydrogen-bond acceptors (Lipinski definition) is 4. The molecule has 0 atom stereocenters. The number of nitrogens with zero attached hydrogens (tertiary/aromatic N) is 3. The minimum atomic E-state index is -2.67. The number of hydrogen-bond donors (Lipinski definition) is 1. The number of nitrogens with one attached hydrogen (secondary N) is 1. The van der Waals surface area contributed by atoms with Crippen molar-refractivity contribution in [2.75, 3.05) is 5.32 Å². The highest BCUT2D eigenvalue weighted by atomic mass is 35.5. The fraction of sp³-hybridized carbons (Fsp3) is 0.0909. The summed E-state index contributed by atoms with van der Waals surface area (Å²) < 4.78 is 28.7. The summed E-state index contributed by atoms with van der Waals surface area (Å²) in [5.74, 6) is -1.96. The monoisotopic (exact) mass is 490 g/mol.